The smallest absolute Gasteiger partial charge is 0.321 e. The van der Waals surface area contributed by atoms with Crippen molar-refractivity contribution in [1.29, 1.82) is 0 Å². The van der Waals surface area contributed by atoms with Crippen LogP contribution in [0.4, 0.5) is 4.79 Å². The molecule has 1 saturated carbocycles. The maximum Gasteiger partial charge on any atom is 0.321 e. The minimum Gasteiger partial charge on any atom is -0.480 e. The van der Waals surface area contributed by atoms with Crippen LogP contribution in [0.2, 0.25) is 0 Å². The molecule has 1 atom stereocenters. The third-order valence-electron chi connectivity index (χ3n) is 3.10. The monoisotopic (exact) mass is 295 g/mol. The molecule has 0 spiro atoms. The number of carboxylic acid groups (broad SMARTS) is 1. The first-order valence-electron chi connectivity index (χ1n) is 6.62. The second-order valence-electron chi connectivity index (χ2n) is 4.84. The van der Waals surface area contributed by atoms with Gasteiger partial charge < -0.3 is 14.8 Å². The molecule has 8 heteroatoms. The molecule has 1 aliphatic carbocycles. The highest BCUT2D eigenvalue weighted by molar-refractivity contribution is 5.95. The summed E-state index contributed by atoms with van der Waals surface area (Å²) in [6.07, 6.45) is 3.17. The Morgan fingerprint density at radius 3 is 2.71 bits per heavy atom. The lowest BCUT2D eigenvalue weighted by molar-refractivity contribution is -0.140. The maximum atomic E-state index is 11.5. The van der Waals surface area contributed by atoms with Crippen molar-refractivity contribution in [2.75, 3.05) is 6.54 Å². The highest BCUT2D eigenvalue weighted by atomic mass is 16.4. The number of hydrogen-bond acceptors (Lipinski definition) is 5. The van der Waals surface area contributed by atoms with Crippen molar-refractivity contribution in [2.45, 2.75) is 25.4 Å². The molecule has 0 saturated heterocycles. The van der Waals surface area contributed by atoms with Crippen molar-refractivity contribution in [3.63, 3.8) is 0 Å². The summed E-state index contributed by atoms with van der Waals surface area (Å²) < 4.78 is 5.02. The maximum absolute atomic E-state index is 11.5. The van der Waals surface area contributed by atoms with Gasteiger partial charge in [0.25, 0.3) is 0 Å². The number of amides is 3. The van der Waals surface area contributed by atoms with Crippen LogP contribution >= 0.6 is 0 Å². The Bertz CT molecular complexity index is 510. The molecule has 1 aromatic rings. The van der Waals surface area contributed by atoms with Crippen molar-refractivity contribution in [2.24, 2.45) is 5.92 Å². The second kappa shape index (κ2) is 6.89. The number of carbonyl (C=O) groups is 3. The first kappa shape index (κ1) is 15.0. The molecular weight excluding hydrogens is 278 g/mol. The number of rotatable bonds is 7. The van der Waals surface area contributed by atoms with E-state index in [0.29, 0.717) is 5.76 Å². The lowest BCUT2D eigenvalue weighted by Gasteiger charge is -2.13. The van der Waals surface area contributed by atoms with Crippen LogP contribution in [-0.2, 0) is 16.1 Å². The van der Waals surface area contributed by atoms with E-state index in [9.17, 15) is 14.4 Å². The second-order valence-corrected chi connectivity index (χ2v) is 4.84. The van der Waals surface area contributed by atoms with Gasteiger partial charge in [-0.2, -0.15) is 0 Å². The van der Waals surface area contributed by atoms with Gasteiger partial charge in [-0.15, -0.1) is 0 Å². The Hall–Kier alpha value is -2.35. The van der Waals surface area contributed by atoms with E-state index >= 15 is 0 Å². The Morgan fingerprint density at radius 1 is 1.38 bits per heavy atom. The van der Waals surface area contributed by atoms with Gasteiger partial charge in [-0.25, -0.2) is 4.79 Å². The van der Waals surface area contributed by atoms with Crippen LogP contribution in [0, 0.1) is 5.92 Å². The number of nitrogens with one attached hydrogen (secondary N) is 3. The number of aliphatic carboxylic acids is 1. The van der Waals surface area contributed by atoms with E-state index in [0.717, 1.165) is 12.8 Å². The van der Waals surface area contributed by atoms with Crippen LogP contribution in [0.25, 0.3) is 0 Å². The zero-order valence-corrected chi connectivity index (χ0v) is 11.3. The van der Waals surface area contributed by atoms with E-state index < -0.39 is 23.9 Å². The van der Waals surface area contributed by atoms with E-state index in [1.54, 1.807) is 12.1 Å². The third kappa shape index (κ3) is 4.92. The number of carboxylic acids is 1. The van der Waals surface area contributed by atoms with Crippen molar-refractivity contribution >= 4 is 17.9 Å². The molecule has 2 rings (SSSR count). The van der Waals surface area contributed by atoms with Crippen LogP contribution in [0.5, 0.6) is 0 Å². The molecular formula is C13H17N3O5. The minimum atomic E-state index is -0.979. The van der Waals surface area contributed by atoms with Gasteiger partial charge in [0, 0.05) is 0 Å². The molecule has 0 aliphatic heterocycles. The van der Waals surface area contributed by atoms with Gasteiger partial charge in [0.15, 0.2) is 0 Å². The number of urea groups is 1. The van der Waals surface area contributed by atoms with Crippen LogP contribution in [0.3, 0.4) is 0 Å². The van der Waals surface area contributed by atoms with Crippen LogP contribution in [-0.4, -0.2) is 35.6 Å². The van der Waals surface area contributed by atoms with E-state index in [-0.39, 0.29) is 19.0 Å². The first-order chi connectivity index (χ1) is 10.1. The summed E-state index contributed by atoms with van der Waals surface area (Å²) in [7, 11) is 0. The van der Waals surface area contributed by atoms with Gasteiger partial charge in [-0.05, 0) is 30.9 Å². The molecule has 4 N–H and O–H groups in total. The average Bonchev–Trinajstić information content (AvgIpc) is 3.11. The SMILES string of the molecule is O=C(CNC(C(=O)O)C1CC1)NC(=O)NCc1ccco1. The van der Waals surface area contributed by atoms with Gasteiger partial charge in [0.1, 0.15) is 11.8 Å². The van der Waals surface area contributed by atoms with Gasteiger partial charge in [-0.1, -0.05) is 0 Å². The summed E-state index contributed by atoms with van der Waals surface area (Å²) in [6, 6.07) is 1.99. The van der Waals surface area contributed by atoms with E-state index in [4.69, 9.17) is 9.52 Å². The summed E-state index contributed by atoms with van der Waals surface area (Å²) in [5.74, 6) is -0.926. The average molecular weight is 295 g/mol. The van der Waals surface area contributed by atoms with Crippen LogP contribution in [0.1, 0.15) is 18.6 Å². The van der Waals surface area contributed by atoms with E-state index in [1.165, 1.54) is 6.26 Å². The fraction of sp³-hybridized carbons (Fsp3) is 0.462. The predicted octanol–water partition coefficient (Wildman–Crippen LogP) is 0.0582. The fourth-order valence-corrected chi connectivity index (χ4v) is 1.88. The highest BCUT2D eigenvalue weighted by Crippen LogP contribution is 2.32. The van der Waals surface area contributed by atoms with Crippen LogP contribution in [0.15, 0.2) is 22.8 Å². The molecule has 1 aromatic heterocycles. The zero-order valence-electron chi connectivity index (χ0n) is 11.3. The Morgan fingerprint density at radius 2 is 2.14 bits per heavy atom. The summed E-state index contributed by atoms with van der Waals surface area (Å²) in [4.78, 5) is 33.9. The van der Waals surface area contributed by atoms with E-state index in [1.807, 2.05) is 0 Å². The van der Waals surface area contributed by atoms with Crippen molar-refractivity contribution in [1.82, 2.24) is 16.0 Å². The standard InChI is InChI=1S/C13H17N3O5/c17-10(7-14-11(12(18)19)8-3-4-8)16-13(20)15-6-9-2-1-5-21-9/h1-2,5,8,11,14H,3-4,6-7H2,(H,18,19)(H2,15,16,17,20). The van der Waals surface area contributed by atoms with E-state index in [2.05, 4.69) is 16.0 Å². The Kier molecular flexibility index (Phi) is 4.94. The molecule has 8 nitrogen and oxygen atoms in total. The van der Waals surface area contributed by atoms with Crippen molar-refractivity contribution in [3.05, 3.63) is 24.2 Å². The summed E-state index contributed by atoms with van der Waals surface area (Å²) >= 11 is 0. The zero-order chi connectivity index (χ0) is 15.2. The number of hydrogen-bond donors (Lipinski definition) is 4. The summed E-state index contributed by atoms with van der Waals surface area (Å²) in [5.41, 5.74) is 0. The number of imide groups is 1. The van der Waals surface area contributed by atoms with Gasteiger partial charge >= 0.3 is 12.0 Å². The summed E-state index contributed by atoms with van der Waals surface area (Å²) in [6.45, 7) is -0.0546. The molecule has 114 valence electrons. The van der Waals surface area contributed by atoms with Gasteiger partial charge in [0.05, 0.1) is 19.4 Å². The fourth-order valence-electron chi connectivity index (χ4n) is 1.88. The molecule has 0 bridgehead atoms. The Balaban J connectivity index is 1.66. The van der Waals surface area contributed by atoms with Crippen LogP contribution < -0.4 is 16.0 Å². The molecule has 1 aliphatic rings. The first-order valence-corrected chi connectivity index (χ1v) is 6.62. The molecule has 1 fully saturated rings. The predicted molar refractivity (Wildman–Crippen MR) is 71.2 cm³/mol. The quantitative estimate of drug-likeness (QED) is 0.564. The molecule has 1 heterocycles. The highest BCUT2D eigenvalue weighted by Gasteiger charge is 2.36. The van der Waals surface area contributed by atoms with Crippen molar-refractivity contribution in [3.8, 4) is 0 Å². The molecule has 21 heavy (non-hydrogen) atoms. The van der Waals surface area contributed by atoms with Gasteiger partial charge in [0.2, 0.25) is 5.91 Å². The Labute approximate surface area is 120 Å². The number of furan rings is 1. The summed E-state index contributed by atoms with van der Waals surface area (Å²) in [5, 5.41) is 16.2. The molecule has 0 radical (unpaired) electrons. The largest absolute Gasteiger partial charge is 0.480 e. The number of carbonyl (C=O) groups excluding carboxylic acids is 2. The van der Waals surface area contributed by atoms with Gasteiger partial charge in [-0.3, -0.25) is 20.2 Å². The molecule has 3 amide bonds. The van der Waals surface area contributed by atoms with Crippen molar-refractivity contribution < 1.29 is 23.9 Å². The normalized spacial score (nSPS) is 15.2. The topological polar surface area (TPSA) is 121 Å². The molecule has 0 aromatic carbocycles. The lowest BCUT2D eigenvalue weighted by Crippen LogP contribution is -2.47. The minimum absolute atomic E-state index is 0.0723. The lowest BCUT2D eigenvalue weighted by atomic mass is 10.2. The third-order valence-corrected chi connectivity index (χ3v) is 3.10. The molecule has 1 unspecified atom stereocenters.